The fourth-order valence-corrected chi connectivity index (χ4v) is 9.00. The van der Waals surface area contributed by atoms with Crippen LogP contribution in [0.5, 0.6) is 0 Å². The van der Waals surface area contributed by atoms with Crippen LogP contribution in [-0.2, 0) is 0 Å². The Balaban J connectivity index is 1.13. The first-order chi connectivity index (χ1) is 29.8. The van der Waals surface area contributed by atoms with Gasteiger partial charge in [0.25, 0.3) is 0 Å². The van der Waals surface area contributed by atoms with E-state index in [1.54, 1.807) is 0 Å². The number of benzene rings is 10. The molecule has 10 aromatic carbocycles. The SMILES string of the molecule is c1ccc(-c2ccc(-n3c4ccccc4c4ccc(N(c5ccc(-c6cccc7ccccc67)cc5)c5ccccc5-c5ccccc5)cc43)cc2-c2ccccc2)cc1. The summed E-state index contributed by atoms with van der Waals surface area (Å²) in [6, 6.07) is 87.9. The number of rotatable bonds is 8. The number of fused-ring (bicyclic) bond motifs is 4. The summed E-state index contributed by atoms with van der Waals surface area (Å²) in [7, 11) is 0. The molecular formula is C58H40N2. The summed E-state index contributed by atoms with van der Waals surface area (Å²) < 4.78 is 2.44. The molecule has 0 saturated heterocycles. The van der Waals surface area contributed by atoms with E-state index in [9.17, 15) is 0 Å². The molecule has 2 nitrogen and oxygen atoms in total. The van der Waals surface area contributed by atoms with Gasteiger partial charge in [-0.05, 0) is 98.2 Å². The largest absolute Gasteiger partial charge is 0.310 e. The molecule has 11 aromatic rings. The highest BCUT2D eigenvalue weighted by Crippen LogP contribution is 2.44. The monoisotopic (exact) mass is 764 g/mol. The van der Waals surface area contributed by atoms with Gasteiger partial charge in [0.15, 0.2) is 0 Å². The number of aromatic nitrogens is 1. The highest BCUT2D eigenvalue weighted by molar-refractivity contribution is 6.11. The van der Waals surface area contributed by atoms with Gasteiger partial charge in [0.2, 0.25) is 0 Å². The van der Waals surface area contributed by atoms with Crippen molar-refractivity contribution in [3.63, 3.8) is 0 Å². The molecule has 11 rings (SSSR count). The Morgan fingerprint density at radius 2 is 0.817 bits per heavy atom. The maximum Gasteiger partial charge on any atom is 0.0561 e. The second-order valence-corrected chi connectivity index (χ2v) is 15.3. The normalized spacial score (nSPS) is 11.3. The average Bonchev–Trinajstić information content (AvgIpc) is 3.66. The van der Waals surface area contributed by atoms with Crippen LogP contribution < -0.4 is 4.90 Å². The van der Waals surface area contributed by atoms with Gasteiger partial charge in [0, 0.05) is 33.4 Å². The molecule has 60 heavy (non-hydrogen) atoms. The Labute approximate surface area is 350 Å². The van der Waals surface area contributed by atoms with Gasteiger partial charge >= 0.3 is 0 Å². The van der Waals surface area contributed by atoms with Crippen LogP contribution in [0.15, 0.2) is 243 Å². The van der Waals surface area contributed by atoms with E-state index < -0.39 is 0 Å². The minimum Gasteiger partial charge on any atom is -0.310 e. The van der Waals surface area contributed by atoms with Crippen LogP contribution >= 0.6 is 0 Å². The van der Waals surface area contributed by atoms with E-state index in [2.05, 4.69) is 252 Å². The van der Waals surface area contributed by atoms with Gasteiger partial charge in [-0.3, -0.25) is 0 Å². The predicted molar refractivity (Wildman–Crippen MR) is 255 cm³/mol. The lowest BCUT2D eigenvalue weighted by atomic mass is 9.94. The average molecular weight is 765 g/mol. The number of para-hydroxylation sites is 2. The summed E-state index contributed by atoms with van der Waals surface area (Å²) >= 11 is 0. The van der Waals surface area contributed by atoms with Gasteiger partial charge in [-0.2, -0.15) is 0 Å². The predicted octanol–water partition coefficient (Wildman–Crippen LogP) is 16.1. The quantitative estimate of drug-likeness (QED) is 0.150. The molecular weight excluding hydrogens is 725 g/mol. The van der Waals surface area contributed by atoms with Gasteiger partial charge in [0.1, 0.15) is 0 Å². The van der Waals surface area contributed by atoms with E-state index in [0.717, 1.165) is 28.3 Å². The topological polar surface area (TPSA) is 8.17 Å². The van der Waals surface area contributed by atoms with E-state index in [-0.39, 0.29) is 0 Å². The summed E-state index contributed by atoms with van der Waals surface area (Å²) in [4.78, 5) is 2.42. The molecule has 0 atom stereocenters. The maximum atomic E-state index is 2.44. The van der Waals surface area contributed by atoms with Gasteiger partial charge in [-0.15, -0.1) is 0 Å². The lowest BCUT2D eigenvalue weighted by Crippen LogP contribution is -2.11. The summed E-state index contributed by atoms with van der Waals surface area (Å²) in [6.45, 7) is 0. The van der Waals surface area contributed by atoms with Crippen molar-refractivity contribution in [2.45, 2.75) is 0 Å². The molecule has 282 valence electrons. The molecule has 0 saturated carbocycles. The maximum absolute atomic E-state index is 2.44. The van der Waals surface area contributed by atoms with Crippen molar-refractivity contribution in [3.8, 4) is 50.2 Å². The van der Waals surface area contributed by atoms with Crippen LogP contribution in [-0.4, -0.2) is 4.57 Å². The lowest BCUT2D eigenvalue weighted by Gasteiger charge is -2.28. The second kappa shape index (κ2) is 15.1. The first-order valence-electron chi connectivity index (χ1n) is 20.6. The molecule has 0 fully saturated rings. The van der Waals surface area contributed by atoms with Gasteiger partial charge in [0.05, 0.1) is 16.7 Å². The van der Waals surface area contributed by atoms with Crippen molar-refractivity contribution in [1.29, 1.82) is 0 Å². The van der Waals surface area contributed by atoms with Crippen LogP contribution in [0.4, 0.5) is 17.1 Å². The van der Waals surface area contributed by atoms with Gasteiger partial charge < -0.3 is 9.47 Å². The zero-order valence-corrected chi connectivity index (χ0v) is 33.0. The van der Waals surface area contributed by atoms with E-state index >= 15 is 0 Å². The van der Waals surface area contributed by atoms with Crippen LogP contribution in [0.25, 0.3) is 82.8 Å². The molecule has 1 aromatic heterocycles. The molecule has 0 amide bonds. The van der Waals surface area contributed by atoms with Crippen molar-refractivity contribution < 1.29 is 0 Å². The number of hydrogen-bond donors (Lipinski definition) is 0. The van der Waals surface area contributed by atoms with E-state index in [1.807, 2.05) is 0 Å². The highest BCUT2D eigenvalue weighted by Gasteiger charge is 2.21. The standard InChI is InChI=1S/C58H40N2/c1-4-17-41(18-5-1)51-37-35-47(39-55(51)44-21-8-3-9-22-44)60-57-30-15-13-27-53(57)54-38-36-48(40-58(54)60)59(56-29-14-12-26-52(56)43-19-6-2-7-20-43)46-33-31-45(32-34-46)50-28-16-24-42-23-10-11-25-49(42)50/h1-40H. The molecule has 0 bridgehead atoms. The molecule has 0 aliphatic carbocycles. The molecule has 0 unspecified atom stereocenters. The smallest absolute Gasteiger partial charge is 0.0561 e. The molecule has 0 radical (unpaired) electrons. The minimum atomic E-state index is 1.08. The first kappa shape index (κ1) is 35.2. The van der Waals surface area contributed by atoms with Gasteiger partial charge in [-0.1, -0.05) is 194 Å². The molecule has 1 heterocycles. The Morgan fingerprint density at radius 1 is 0.283 bits per heavy atom. The zero-order chi connectivity index (χ0) is 39.8. The third-order valence-electron chi connectivity index (χ3n) is 11.8. The number of anilines is 3. The van der Waals surface area contributed by atoms with Crippen LogP contribution in [0.1, 0.15) is 0 Å². The van der Waals surface area contributed by atoms with Crippen molar-refractivity contribution >= 4 is 49.6 Å². The van der Waals surface area contributed by atoms with Crippen LogP contribution in [0.3, 0.4) is 0 Å². The summed E-state index contributed by atoms with van der Waals surface area (Å²) in [5.41, 5.74) is 16.3. The van der Waals surface area contributed by atoms with Crippen LogP contribution in [0, 0.1) is 0 Å². The molecule has 0 aliphatic heterocycles. The second-order valence-electron chi connectivity index (χ2n) is 15.3. The molecule has 0 spiro atoms. The third kappa shape index (κ3) is 6.23. The fraction of sp³-hybridized carbons (Fsp3) is 0. The highest BCUT2D eigenvalue weighted by atomic mass is 15.1. The zero-order valence-electron chi connectivity index (χ0n) is 33.0. The summed E-state index contributed by atoms with van der Waals surface area (Å²) in [5, 5.41) is 4.93. The Hall–Kier alpha value is -7.94. The Bertz CT molecular complexity index is 3290. The summed E-state index contributed by atoms with van der Waals surface area (Å²) in [6.07, 6.45) is 0. The van der Waals surface area contributed by atoms with E-state index in [4.69, 9.17) is 0 Å². The van der Waals surface area contributed by atoms with E-state index in [0.29, 0.717) is 0 Å². The molecule has 0 aliphatic rings. The van der Waals surface area contributed by atoms with E-state index in [1.165, 1.54) is 71.6 Å². The number of hydrogen-bond acceptors (Lipinski definition) is 1. The van der Waals surface area contributed by atoms with Crippen molar-refractivity contribution in [2.24, 2.45) is 0 Å². The lowest BCUT2D eigenvalue weighted by molar-refractivity contribution is 1.18. The Morgan fingerprint density at radius 3 is 1.57 bits per heavy atom. The third-order valence-corrected chi connectivity index (χ3v) is 11.8. The van der Waals surface area contributed by atoms with Crippen LogP contribution in [0.2, 0.25) is 0 Å². The minimum absolute atomic E-state index is 1.08. The fourth-order valence-electron chi connectivity index (χ4n) is 9.00. The first-order valence-corrected chi connectivity index (χ1v) is 20.6. The van der Waals surface area contributed by atoms with Gasteiger partial charge in [-0.25, -0.2) is 0 Å². The van der Waals surface area contributed by atoms with Crippen molar-refractivity contribution in [2.75, 3.05) is 4.90 Å². The Kier molecular flexibility index (Phi) is 8.87. The summed E-state index contributed by atoms with van der Waals surface area (Å²) in [5.74, 6) is 0. The van der Waals surface area contributed by atoms with Crippen molar-refractivity contribution in [1.82, 2.24) is 4.57 Å². The molecule has 0 N–H and O–H groups in total. The number of nitrogens with zero attached hydrogens (tertiary/aromatic N) is 2. The van der Waals surface area contributed by atoms with Crippen molar-refractivity contribution in [3.05, 3.63) is 243 Å². The molecule has 2 heteroatoms.